The summed E-state index contributed by atoms with van der Waals surface area (Å²) in [5.41, 5.74) is 0. The molecule has 0 radical (unpaired) electrons. The van der Waals surface area contributed by atoms with Crippen molar-refractivity contribution < 1.29 is 14.7 Å². The van der Waals surface area contributed by atoms with Gasteiger partial charge in [0.1, 0.15) is 6.04 Å². The molecule has 120 valence electrons. The number of aliphatic carboxylic acids is 1. The maximum atomic E-state index is 12.5. The molecular formula is C15H27N3O3. The summed E-state index contributed by atoms with van der Waals surface area (Å²) in [6, 6.07) is -0.536. The van der Waals surface area contributed by atoms with Crippen molar-refractivity contribution in [2.45, 2.75) is 45.2 Å². The quantitative estimate of drug-likeness (QED) is 0.817. The van der Waals surface area contributed by atoms with Gasteiger partial charge in [0.25, 0.3) is 0 Å². The van der Waals surface area contributed by atoms with E-state index < -0.39 is 12.0 Å². The van der Waals surface area contributed by atoms with Gasteiger partial charge in [0.05, 0.1) is 6.04 Å². The lowest BCUT2D eigenvalue weighted by atomic mass is 10.1. The first-order valence-corrected chi connectivity index (χ1v) is 8.00. The Labute approximate surface area is 126 Å². The van der Waals surface area contributed by atoms with Gasteiger partial charge in [-0.3, -0.25) is 19.4 Å². The van der Waals surface area contributed by atoms with E-state index in [2.05, 4.69) is 4.90 Å². The summed E-state index contributed by atoms with van der Waals surface area (Å²) < 4.78 is 0. The van der Waals surface area contributed by atoms with E-state index in [0.29, 0.717) is 13.1 Å². The van der Waals surface area contributed by atoms with Gasteiger partial charge >= 0.3 is 5.97 Å². The Bertz CT molecular complexity index is 374. The molecule has 0 bridgehead atoms. The number of carboxylic acid groups (broad SMARTS) is 1. The van der Waals surface area contributed by atoms with Crippen LogP contribution in [0.2, 0.25) is 0 Å². The molecule has 0 aliphatic carbocycles. The van der Waals surface area contributed by atoms with Crippen LogP contribution in [-0.2, 0) is 9.59 Å². The predicted octanol–water partition coefficient (Wildman–Crippen LogP) is 0.478. The van der Waals surface area contributed by atoms with Gasteiger partial charge in [0.15, 0.2) is 0 Å². The number of hydrogen-bond acceptors (Lipinski definition) is 4. The third kappa shape index (κ3) is 3.95. The van der Waals surface area contributed by atoms with Crippen LogP contribution in [0, 0.1) is 0 Å². The van der Waals surface area contributed by atoms with Crippen LogP contribution in [0.5, 0.6) is 0 Å². The Morgan fingerprint density at radius 1 is 0.810 bits per heavy atom. The first kappa shape index (κ1) is 16.2. The van der Waals surface area contributed by atoms with Crippen LogP contribution in [0.3, 0.4) is 0 Å². The summed E-state index contributed by atoms with van der Waals surface area (Å²) in [6.45, 7) is 8.43. The highest BCUT2D eigenvalue weighted by Gasteiger charge is 2.31. The fraction of sp³-hybridized carbons (Fsp3) is 0.867. The van der Waals surface area contributed by atoms with Crippen molar-refractivity contribution in [1.82, 2.24) is 14.7 Å². The number of likely N-dealkylation sites (tertiary alicyclic amines) is 1. The van der Waals surface area contributed by atoms with Crippen molar-refractivity contribution in [3.8, 4) is 0 Å². The second-order valence-corrected chi connectivity index (χ2v) is 6.15. The van der Waals surface area contributed by atoms with Crippen molar-refractivity contribution in [1.29, 1.82) is 0 Å². The predicted molar refractivity (Wildman–Crippen MR) is 80.1 cm³/mol. The van der Waals surface area contributed by atoms with Gasteiger partial charge in [0.2, 0.25) is 5.91 Å². The maximum Gasteiger partial charge on any atom is 0.320 e. The fourth-order valence-corrected chi connectivity index (χ4v) is 3.20. The summed E-state index contributed by atoms with van der Waals surface area (Å²) in [5.74, 6) is -0.546. The van der Waals surface area contributed by atoms with E-state index in [1.54, 1.807) is 6.92 Å². The fourth-order valence-electron chi connectivity index (χ4n) is 3.20. The molecular weight excluding hydrogens is 270 g/mol. The smallest absolute Gasteiger partial charge is 0.320 e. The molecule has 21 heavy (non-hydrogen) atoms. The molecule has 1 N–H and O–H groups in total. The third-order valence-corrected chi connectivity index (χ3v) is 4.83. The number of piperidine rings is 1. The highest BCUT2D eigenvalue weighted by atomic mass is 16.4. The average molecular weight is 297 g/mol. The number of amides is 1. The number of hydrogen-bond donors (Lipinski definition) is 1. The largest absolute Gasteiger partial charge is 0.480 e. The Kier molecular flexibility index (Phi) is 5.58. The molecule has 2 fully saturated rings. The number of carbonyl (C=O) groups excluding carboxylic acids is 1. The van der Waals surface area contributed by atoms with E-state index in [1.165, 1.54) is 6.42 Å². The van der Waals surface area contributed by atoms with Crippen molar-refractivity contribution in [2.24, 2.45) is 0 Å². The van der Waals surface area contributed by atoms with E-state index in [4.69, 9.17) is 5.11 Å². The van der Waals surface area contributed by atoms with Crippen LogP contribution >= 0.6 is 0 Å². The van der Waals surface area contributed by atoms with E-state index in [0.717, 1.165) is 39.0 Å². The summed E-state index contributed by atoms with van der Waals surface area (Å²) in [6.07, 6.45) is 3.45. The topological polar surface area (TPSA) is 64.1 Å². The van der Waals surface area contributed by atoms with Crippen LogP contribution in [0.1, 0.15) is 33.1 Å². The molecule has 6 heteroatoms. The molecule has 0 aromatic heterocycles. The summed E-state index contributed by atoms with van der Waals surface area (Å²) in [4.78, 5) is 29.6. The Hall–Kier alpha value is -1.14. The highest BCUT2D eigenvalue weighted by Crippen LogP contribution is 2.15. The number of rotatable bonds is 4. The molecule has 0 saturated carbocycles. The van der Waals surface area contributed by atoms with Gasteiger partial charge in [-0.15, -0.1) is 0 Å². The molecule has 1 amide bonds. The van der Waals surface area contributed by atoms with E-state index in [9.17, 15) is 9.59 Å². The molecule has 2 atom stereocenters. The molecule has 2 saturated heterocycles. The highest BCUT2D eigenvalue weighted by molar-refractivity contribution is 5.81. The van der Waals surface area contributed by atoms with Gasteiger partial charge in [-0.25, -0.2) is 0 Å². The van der Waals surface area contributed by atoms with E-state index in [-0.39, 0.29) is 11.9 Å². The van der Waals surface area contributed by atoms with E-state index >= 15 is 0 Å². The maximum absolute atomic E-state index is 12.5. The summed E-state index contributed by atoms with van der Waals surface area (Å²) in [5, 5.41) is 9.05. The van der Waals surface area contributed by atoms with Crippen LogP contribution in [0.25, 0.3) is 0 Å². The standard InChI is InChI=1S/C15H27N3O3/c1-12(14(19)18-6-4-3-5-7-18)16-8-10-17(11-9-16)13(2)15(20)21/h12-13H,3-11H2,1-2H3,(H,20,21). The minimum atomic E-state index is -0.777. The zero-order valence-corrected chi connectivity index (χ0v) is 13.1. The summed E-state index contributed by atoms with van der Waals surface area (Å²) in [7, 11) is 0. The second kappa shape index (κ2) is 7.22. The Morgan fingerprint density at radius 2 is 1.29 bits per heavy atom. The zero-order valence-electron chi connectivity index (χ0n) is 13.1. The molecule has 2 heterocycles. The molecule has 2 unspecified atom stereocenters. The zero-order chi connectivity index (χ0) is 15.4. The van der Waals surface area contributed by atoms with Gasteiger partial charge in [-0.05, 0) is 33.1 Å². The first-order valence-electron chi connectivity index (χ1n) is 8.00. The number of carbonyl (C=O) groups is 2. The van der Waals surface area contributed by atoms with Crippen LogP contribution in [0.4, 0.5) is 0 Å². The normalized spacial score (nSPS) is 24.6. The molecule has 2 rings (SSSR count). The summed E-state index contributed by atoms with van der Waals surface area (Å²) >= 11 is 0. The number of piperazine rings is 1. The molecule has 6 nitrogen and oxygen atoms in total. The number of nitrogens with zero attached hydrogens (tertiary/aromatic N) is 3. The Balaban J connectivity index is 1.83. The van der Waals surface area contributed by atoms with Gasteiger partial charge in [-0.1, -0.05) is 0 Å². The molecule has 2 aliphatic rings. The SMILES string of the molecule is CC(C(=O)O)N1CCN(C(C)C(=O)N2CCCCC2)CC1. The lowest BCUT2D eigenvalue weighted by Crippen LogP contribution is -2.57. The van der Waals surface area contributed by atoms with Gasteiger partial charge < -0.3 is 10.0 Å². The van der Waals surface area contributed by atoms with Gasteiger partial charge in [-0.2, -0.15) is 0 Å². The van der Waals surface area contributed by atoms with Crippen LogP contribution in [0.15, 0.2) is 0 Å². The average Bonchev–Trinajstić information content (AvgIpc) is 2.53. The van der Waals surface area contributed by atoms with E-state index in [1.807, 2.05) is 16.7 Å². The molecule has 0 aromatic rings. The molecule has 2 aliphatic heterocycles. The van der Waals surface area contributed by atoms with Gasteiger partial charge in [0, 0.05) is 39.3 Å². The number of carboxylic acids is 1. The Morgan fingerprint density at radius 3 is 1.76 bits per heavy atom. The lowest BCUT2D eigenvalue weighted by Gasteiger charge is -2.40. The van der Waals surface area contributed by atoms with Crippen LogP contribution in [-0.4, -0.2) is 83.0 Å². The second-order valence-electron chi connectivity index (χ2n) is 6.15. The van der Waals surface area contributed by atoms with Crippen molar-refractivity contribution in [2.75, 3.05) is 39.3 Å². The van der Waals surface area contributed by atoms with Crippen molar-refractivity contribution >= 4 is 11.9 Å². The minimum Gasteiger partial charge on any atom is -0.480 e. The van der Waals surface area contributed by atoms with Crippen molar-refractivity contribution in [3.63, 3.8) is 0 Å². The molecule has 0 spiro atoms. The first-order chi connectivity index (χ1) is 10.0. The minimum absolute atomic E-state index is 0.0922. The third-order valence-electron chi connectivity index (χ3n) is 4.83. The monoisotopic (exact) mass is 297 g/mol. The van der Waals surface area contributed by atoms with Crippen molar-refractivity contribution in [3.05, 3.63) is 0 Å². The lowest BCUT2D eigenvalue weighted by molar-refractivity contribution is -0.145. The molecule has 0 aromatic carbocycles. The van der Waals surface area contributed by atoms with Crippen LogP contribution < -0.4 is 0 Å².